The van der Waals surface area contributed by atoms with Crippen molar-refractivity contribution in [3.63, 3.8) is 0 Å². The molecule has 98 valence electrons. The van der Waals surface area contributed by atoms with E-state index in [1.165, 1.54) is 0 Å². The van der Waals surface area contributed by atoms with Gasteiger partial charge in [0, 0.05) is 25.9 Å². The number of nitrogens with one attached hydrogen (secondary N) is 1. The molecule has 6 nitrogen and oxygen atoms in total. The number of methoxy groups -OCH3 is 1. The molecular formula is C11H17N5OS. The second-order valence-corrected chi connectivity index (χ2v) is 5.03. The Morgan fingerprint density at radius 1 is 1.39 bits per heavy atom. The molecule has 2 aromatic heterocycles. The van der Waals surface area contributed by atoms with Gasteiger partial charge in [0.25, 0.3) is 0 Å². The van der Waals surface area contributed by atoms with Gasteiger partial charge in [-0.2, -0.15) is 5.10 Å². The van der Waals surface area contributed by atoms with Crippen LogP contribution in [0.4, 0.5) is 0 Å². The largest absolute Gasteiger partial charge is 0.383 e. The van der Waals surface area contributed by atoms with Gasteiger partial charge in [0.05, 0.1) is 12.3 Å². The first-order valence-electron chi connectivity index (χ1n) is 5.76. The molecule has 0 aromatic carbocycles. The number of rotatable bonds is 6. The van der Waals surface area contributed by atoms with Gasteiger partial charge in [-0.1, -0.05) is 11.3 Å². The number of aryl methyl sites for hydroxylation is 2. The van der Waals surface area contributed by atoms with Crippen LogP contribution in [0.15, 0.2) is 6.07 Å². The Labute approximate surface area is 110 Å². The van der Waals surface area contributed by atoms with E-state index in [0.29, 0.717) is 13.2 Å². The maximum Gasteiger partial charge on any atom is 0.233 e. The van der Waals surface area contributed by atoms with Crippen LogP contribution in [0.1, 0.15) is 16.4 Å². The van der Waals surface area contributed by atoms with E-state index in [2.05, 4.69) is 20.6 Å². The topological polar surface area (TPSA) is 64.9 Å². The highest BCUT2D eigenvalue weighted by molar-refractivity contribution is 7.13. The van der Waals surface area contributed by atoms with Gasteiger partial charge in [-0.05, 0) is 19.9 Å². The third kappa shape index (κ3) is 3.12. The summed E-state index contributed by atoms with van der Waals surface area (Å²) in [5, 5.41) is 17.7. The molecule has 0 radical (unpaired) electrons. The fourth-order valence-corrected chi connectivity index (χ4v) is 2.41. The van der Waals surface area contributed by atoms with Crippen LogP contribution in [0.5, 0.6) is 0 Å². The van der Waals surface area contributed by atoms with Crippen LogP contribution >= 0.6 is 11.3 Å². The molecule has 0 aliphatic heterocycles. The normalized spacial score (nSPS) is 11.1. The van der Waals surface area contributed by atoms with Crippen molar-refractivity contribution in [1.29, 1.82) is 0 Å². The number of hydrogen-bond acceptors (Lipinski definition) is 6. The first-order chi connectivity index (χ1) is 8.70. The molecule has 0 atom stereocenters. The van der Waals surface area contributed by atoms with Crippen LogP contribution in [-0.4, -0.2) is 40.2 Å². The number of hydrogen-bond donors (Lipinski definition) is 1. The molecule has 0 saturated carbocycles. The Balaban J connectivity index is 1.99. The highest BCUT2D eigenvalue weighted by atomic mass is 32.1. The molecule has 2 heterocycles. The van der Waals surface area contributed by atoms with Crippen LogP contribution < -0.4 is 5.32 Å². The van der Waals surface area contributed by atoms with Gasteiger partial charge in [0.15, 0.2) is 0 Å². The lowest BCUT2D eigenvalue weighted by Gasteiger charge is -1.99. The standard InChI is InChI=1S/C11H17N5OS/c1-8-6-9(2)16(15-8)11-14-13-10(18-11)7-12-4-5-17-3/h6,12H,4-5,7H2,1-3H3. The minimum Gasteiger partial charge on any atom is -0.383 e. The molecule has 2 aromatic rings. The van der Waals surface area contributed by atoms with E-state index in [1.54, 1.807) is 18.4 Å². The average Bonchev–Trinajstić information content (AvgIpc) is 2.91. The second-order valence-electron chi connectivity index (χ2n) is 3.99. The zero-order chi connectivity index (χ0) is 13.0. The van der Waals surface area contributed by atoms with Gasteiger partial charge in [-0.25, -0.2) is 4.68 Å². The van der Waals surface area contributed by atoms with E-state index in [9.17, 15) is 0 Å². The summed E-state index contributed by atoms with van der Waals surface area (Å²) in [5.74, 6) is 0. The molecule has 7 heteroatoms. The lowest BCUT2D eigenvalue weighted by atomic mass is 10.4. The molecule has 0 spiro atoms. The van der Waals surface area contributed by atoms with Gasteiger partial charge in [-0.15, -0.1) is 10.2 Å². The smallest absolute Gasteiger partial charge is 0.233 e. The van der Waals surface area contributed by atoms with E-state index in [0.717, 1.165) is 28.1 Å². The number of nitrogens with zero attached hydrogens (tertiary/aromatic N) is 4. The molecular weight excluding hydrogens is 250 g/mol. The third-order valence-corrected chi connectivity index (χ3v) is 3.30. The fraction of sp³-hybridized carbons (Fsp3) is 0.545. The van der Waals surface area contributed by atoms with Crippen molar-refractivity contribution < 1.29 is 4.74 Å². The minimum atomic E-state index is 0.698. The van der Waals surface area contributed by atoms with Gasteiger partial charge >= 0.3 is 0 Å². The van der Waals surface area contributed by atoms with Crippen molar-refractivity contribution in [1.82, 2.24) is 25.3 Å². The van der Waals surface area contributed by atoms with Crippen LogP contribution in [0, 0.1) is 13.8 Å². The van der Waals surface area contributed by atoms with Crippen LogP contribution in [0.3, 0.4) is 0 Å². The van der Waals surface area contributed by atoms with E-state index in [4.69, 9.17) is 4.74 Å². The Bertz CT molecular complexity index is 507. The van der Waals surface area contributed by atoms with Crippen LogP contribution in [0.25, 0.3) is 5.13 Å². The summed E-state index contributed by atoms with van der Waals surface area (Å²) in [6.07, 6.45) is 0. The van der Waals surface area contributed by atoms with E-state index in [-0.39, 0.29) is 0 Å². The summed E-state index contributed by atoms with van der Waals surface area (Å²) in [5.41, 5.74) is 2.06. The monoisotopic (exact) mass is 267 g/mol. The number of ether oxygens (including phenoxy) is 1. The Kier molecular flexibility index (Phi) is 4.40. The van der Waals surface area contributed by atoms with Crippen molar-refractivity contribution in [2.75, 3.05) is 20.3 Å². The molecule has 18 heavy (non-hydrogen) atoms. The molecule has 0 fully saturated rings. The van der Waals surface area contributed by atoms with E-state index in [1.807, 2.05) is 24.6 Å². The first-order valence-corrected chi connectivity index (χ1v) is 6.58. The fourth-order valence-electron chi connectivity index (χ4n) is 1.59. The molecule has 0 amide bonds. The van der Waals surface area contributed by atoms with Gasteiger partial charge in [0.2, 0.25) is 5.13 Å². The van der Waals surface area contributed by atoms with Crippen molar-refractivity contribution in [3.8, 4) is 5.13 Å². The molecule has 0 bridgehead atoms. The summed E-state index contributed by atoms with van der Waals surface area (Å²) in [6.45, 7) is 6.20. The highest BCUT2D eigenvalue weighted by Gasteiger charge is 2.09. The SMILES string of the molecule is COCCNCc1nnc(-n2nc(C)cc2C)s1. The molecule has 2 rings (SSSR count). The van der Waals surface area contributed by atoms with E-state index >= 15 is 0 Å². The molecule has 1 N–H and O–H groups in total. The highest BCUT2D eigenvalue weighted by Crippen LogP contribution is 2.16. The summed E-state index contributed by atoms with van der Waals surface area (Å²) < 4.78 is 6.79. The molecule has 0 aliphatic carbocycles. The zero-order valence-electron chi connectivity index (χ0n) is 10.8. The first kappa shape index (κ1) is 13.1. The van der Waals surface area contributed by atoms with Crippen molar-refractivity contribution in [2.45, 2.75) is 20.4 Å². The molecule has 0 unspecified atom stereocenters. The zero-order valence-corrected chi connectivity index (χ0v) is 11.6. The Morgan fingerprint density at radius 2 is 2.22 bits per heavy atom. The second kappa shape index (κ2) is 6.03. The Hall–Kier alpha value is -1.31. The van der Waals surface area contributed by atoms with Gasteiger partial charge < -0.3 is 10.1 Å². The quantitative estimate of drug-likeness (QED) is 0.793. The van der Waals surface area contributed by atoms with Crippen LogP contribution in [0.2, 0.25) is 0 Å². The molecule has 0 aliphatic rings. The van der Waals surface area contributed by atoms with Crippen molar-refractivity contribution >= 4 is 11.3 Å². The Morgan fingerprint density at radius 3 is 2.89 bits per heavy atom. The van der Waals surface area contributed by atoms with Crippen LogP contribution in [-0.2, 0) is 11.3 Å². The minimum absolute atomic E-state index is 0.698. The lowest BCUT2D eigenvalue weighted by Crippen LogP contribution is -2.18. The summed E-state index contributed by atoms with van der Waals surface area (Å²) in [6, 6.07) is 2.03. The maximum absolute atomic E-state index is 4.96. The molecule has 0 saturated heterocycles. The predicted molar refractivity (Wildman–Crippen MR) is 70.1 cm³/mol. The van der Waals surface area contributed by atoms with Gasteiger partial charge in [-0.3, -0.25) is 0 Å². The predicted octanol–water partition coefficient (Wildman–Crippen LogP) is 1.08. The van der Waals surface area contributed by atoms with E-state index < -0.39 is 0 Å². The maximum atomic E-state index is 4.96. The summed E-state index contributed by atoms with van der Waals surface area (Å²) in [4.78, 5) is 0. The number of aromatic nitrogens is 4. The van der Waals surface area contributed by atoms with Crippen molar-refractivity contribution in [3.05, 3.63) is 22.5 Å². The third-order valence-electron chi connectivity index (χ3n) is 2.41. The summed E-state index contributed by atoms with van der Waals surface area (Å²) in [7, 11) is 1.69. The van der Waals surface area contributed by atoms with Crippen molar-refractivity contribution in [2.24, 2.45) is 0 Å². The lowest BCUT2D eigenvalue weighted by molar-refractivity contribution is 0.199. The summed E-state index contributed by atoms with van der Waals surface area (Å²) >= 11 is 1.55. The average molecular weight is 267 g/mol. The van der Waals surface area contributed by atoms with Gasteiger partial charge in [0.1, 0.15) is 5.01 Å².